The van der Waals surface area contributed by atoms with Gasteiger partial charge in [0.05, 0.1) is 19.0 Å². The van der Waals surface area contributed by atoms with Crippen LogP contribution >= 0.6 is 0 Å². The molecule has 0 radical (unpaired) electrons. The summed E-state index contributed by atoms with van der Waals surface area (Å²) in [7, 11) is 1.21. The van der Waals surface area contributed by atoms with Crippen LogP contribution in [-0.2, 0) is 20.9 Å². The van der Waals surface area contributed by atoms with Gasteiger partial charge >= 0.3 is 12.1 Å². The van der Waals surface area contributed by atoms with Gasteiger partial charge in [-0.2, -0.15) is 0 Å². The van der Waals surface area contributed by atoms with Gasteiger partial charge in [-0.15, -0.1) is 0 Å². The molecule has 1 aromatic rings. The molecule has 0 aliphatic heterocycles. The highest BCUT2D eigenvalue weighted by molar-refractivity contribution is 5.65. The molecule has 0 saturated carbocycles. The summed E-state index contributed by atoms with van der Waals surface area (Å²) in [5.74, 6) is -0.116. The number of carbonyl (C=O) groups excluding carboxylic acids is 2. The fourth-order valence-corrected chi connectivity index (χ4v) is 0.870. The number of nitrogens with zero attached hydrogens (tertiary/aromatic N) is 1. The van der Waals surface area contributed by atoms with Gasteiger partial charge in [-0.3, -0.25) is 9.78 Å². The van der Waals surface area contributed by atoms with Crippen molar-refractivity contribution in [2.75, 3.05) is 7.11 Å². The van der Waals surface area contributed by atoms with Crippen LogP contribution in [-0.4, -0.2) is 24.2 Å². The Hall–Kier alpha value is -2.11. The first kappa shape index (κ1) is 12.0. The van der Waals surface area contributed by atoms with Crippen molar-refractivity contribution in [3.63, 3.8) is 0 Å². The third kappa shape index (κ3) is 3.95. The van der Waals surface area contributed by atoms with Gasteiger partial charge in [-0.05, 0) is 12.1 Å². The molecule has 16 heavy (non-hydrogen) atoms. The van der Waals surface area contributed by atoms with Gasteiger partial charge in [0.15, 0.2) is 5.75 Å². The minimum absolute atomic E-state index is 0.0911. The van der Waals surface area contributed by atoms with Crippen molar-refractivity contribution in [1.29, 1.82) is 0 Å². The summed E-state index contributed by atoms with van der Waals surface area (Å²) in [6.45, 7) is 1.41. The smallest absolute Gasteiger partial charge is 0.459 e. The Morgan fingerprint density at radius 1 is 1.38 bits per heavy atom. The van der Waals surface area contributed by atoms with Crippen molar-refractivity contribution in [3.8, 4) is 5.75 Å². The molecule has 0 spiro atoms. The molecule has 0 aromatic carbocycles. The molecule has 0 N–H and O–H groups in total. The van der Waals surface area contributed by atoms with Gasteiger partial charge in [0.25, 0.3) is 0 Å². The minimum Gasteiger partial charge on any atom is -0.459 e. The number of hydrogen-bond acceptors (Lipinski definition) is 6. The molecule has 0 aliphatic rings. The molecule has 6 nitrogen and oxygen atoms in total. The number of ether oxygens (including phenoxy) is 3. The SMILES string of the molecule is COC(=O)Oc1ccc(COC(C)=O)nc1. The normalized spacial score (nSPS) is 9.38. The Labute approximate surface area is 92.1 Å². The van der Waals surface area contributed by atoms with E-state index >= 15 is 0 Å². The lowest BCUT2D eigenvalue weighted by atomic mass is 10.3. The molecule has 6 heteroatoms. The highest BCUT2D eigenvalue weighted by Gasteiger charge is 2.04. The van der Waals surface area contributed by atoms with E-state index < -0.39 is 6.16 Å². The number of rotatable bonds is 3. The number of pyridine rings is 1. The summed E-state index contributed by atoms with van der Waals surface area (Å²) >= 11 is 0. The lowest BCUT2D eigenvalue weighted by Crippen LogP contribution is -2.07. The highest BCUT2D eigenvalue weighted by atomic mass is 16.7. The van der Waals surface area contributed by atoms with Crippen LogP contribution in [0.3, 0.4) is 0 Å². The Kier molecular flexibility index (Phi) is 4.26. The highest BCUT2D eigenvalue weighted by Crippen LogP contribution is 2.10. The summed E-state index contributed by atoms with van der Waals surface area (Å²) in [5.41, 5.74) is 0.562. The Morgan fingerprint density at radius 2 is 2.12 bits per heavy atom. The molecule has 0 amide bonds. The van der Waals surface area contributed by atoms with Crippen LogP contribution in [0.15, 0.2) is 18.3 Å². The molecule has 0 atom stereocenters. The van der Waals surface area contributed by atoms with Crippen LogP contribution in [0.1, 0.15) is 12.6 Å². The molecule has 1 rings (SSSR count). The molecular weight excluding hydrogens is 214 g/mol. The quantitative estimate of drug-likeness (QED) is 0.721. The van der Waals surface area contributed by atoms with E-state index in [1.807, 2.05) is 0 Å². The second-order valence-corrected chi connectivity index (χ2v) is 2.82. The number of carbonyl (C=O) groups is 2. The Morgan fingerprint density at radius 3 is 2.62 bits per heavy atom. The maximum atomic E-state index is 10.7. The standard InChI is InChI=1S/C10H11NO5/c1-7(12)15-6-8-3-4-9(5-11-8)16-10(13)14-2/h3-5H,6H2,1-2H3. The fourth-order valence-electron chi connectivity index (χ4n) is 0.870. The molecule has 1 heterocycles. The zero-order valence-electron chi connectivity index (χ0n) is 8.93. The van der Waals surface area contributed by atoms with Crippen molar-refractivity contribution in [1.82, 2.24) is 4.98 Å². The molecule has 1 aromatic heterocycles. The van der Waals surface area contributed by atoms with Crippen molar-refractivity contribution in [3.05, 3.63) is 24.0 Å². The molecule has 86 valence electrons. The zero-order chi connectivity index (χ0) is 12.0. The van der Waals surface area contributed by atoms with Crippen LogP contribution < -0.4 is 4.74 Å². The molecule has 0 aliphatic carbocycles. The van der Waals surface area contributed by atoms with Gasteiger partial charge in [0.1, 0.15) is 6.61 Å². The predicted molar refractivity (Wildman–Crippen MR) is 52.7 cm³/mol. The Balaban J connectivity index is 2.54. The predicted octanol–water partition coefficient (Wildman–Crippen LogP) is 1.29. The van der Waals surface area contributed by atoms with E-state index in [0.29, 0.717) is 5.69 Å². The molecule has 0 fully saturated rings. The first-order valence-corrected chi connectivity index (χ1v) is 4.46. The average molecular weight is 225 g/mol. The van der Waals surface area contributed by atoms with Gasteiger partial charge in [-0.1, -0.05) is 0 Å². The van der Waals surface area contributed by atoms with Crippen molar-refractivity contribution in [2.45, 2.75) is 13.5 Å². The zero-order valence-corrected chi connectivity index (χ0v) is 8.93. The Bertz CT molecular complexity index is 373. The fraction of sp³-hybridized carbons (Fsp3) is 0.300. The van der Waals surface area contributed by atoms with Crippen LogP contribution in [0.2, 0.25) is 0 Å². The van der Waals surface area contributed by atoms with E-state index in [1.54, 1.807) is 6.07 Å². The first-order valence-electron chi connectivity index (χ1n) is 4.46. The van der Waals surface area contributed by atoms with E-state index in [2.05, 4.69) is 9.72 Å². The van der Waals surface area contributed by atoms with E-state index in [0.717, 1.165) is 0 Å². The maximum absolute atomic E-state index is 10.7. The van der Waals surface area contributed by atoms with E-state index in [1.165, 1.54) is 26.3 Å². The van der Waals surface area contributed by atoms with Crippen LogP contribution in [0, 0.1) is 0 Å². The summed E-state index contributed by atoms with van der Waals surface area (Å²) in [6.07, 6.45) is 0.532. The third-order valence-corrected chi connectivity index (χ3v) is 1.59. The summed E-state index contributed by atoms with van der Waals surface area (Å²) < 4.78 is 13.8. The molecule has 0 saturated heterocycles. The topological polar surface area (TPSA) is 74.7 Å². The summed E-state index contributed by atoms with van der Waals surface area (Å²) in [4.78, 5) is 25.2. The monoisotopic (exact) mass is 225 g/mol. The molecule has 0 unspecified atom stereocenters. The van der Waals surface area contributed by atoms with Crippen LogP contribution in [0.5, 0.6) is 5.75 Å². The van der Waals surface area contributed by atoms with E-state index in [-0.39, 0.29) is 18.3 Å². The first-order chi connectivity index (χ1) is 7.61. The third-order valence-electron chi connectivity index (χ3n) is 1.59. The van der Waals surface area contributed by atoms with E-state index in [4.69, 9.17) is 9.47 Å². The van der Waals surface area contributed by atoms with Gasteiger partial charge in [0.2, 0.25) is 0 Å². The van der Waals surface area contributed by atoms with Crippen molar-refractivity contribution in [2.24, 2.45) is 0 Å². The molecule has 0 bridgehead atoms. The van der Waals surface area contributed by atoms with Crippen molar-refractivity contribution < 1.29 is 23.8 Å². The lowest BCUT2D eigenvalue weighted by molar-refractivity contribution is -0.142. The average Bonchev–Trinajstić information content (AvgIpc) is 2.28. The number of esters is 1. The minimum atomic E-state index is -0.811. The van der Waals surface area contributed by atoms with Crippen LogP contribution in [0.4, 0.5) is 4.79 Å². The number of hydrogen-bond donors (Lipinski definition) is 0. The summed E-state index contributed by atoms with van der Waals surface area (Å²) in [6, 6.07) is 3.12. The molecular formula is C10H11NO5. The van der Waals surface area contributed by atoms with Gasteiger partial charge in [-0.25, -0.2) is 4.79 Å². The number of methoxy groups -OCH3 is 1. The van der Waals surface area contributed by atoms with Crippen molar-refractivity contribution >= 4 is 12.1 Å². The number of aromatic nitrogens is 1. The maximum Gasteiger partial charge on any atom is 0.513 e. The second-order valence-electron chi connectivity index (χ2n) is 2.82. The van der Waals surface area contributed by atoms with Gasteiger partial charge < -0.3 is 14.2 Å². The summed E-state index contributed by atoms with van der Waals surface area (Å²) in [5, 5.41) is 0. The van der Waals surface area contributed by atoms with Gasteiger partial charge in [0, 0.05) is 6.92 Å². The van der Waals surface area contributed by atoms with E-state index in [9.17, 15) is 9.59 Å². The second kappa shape index (κ2) is 5.69. The lowest BCUT2D eigenvalue weighted by Gasteiger charge is -2.03. The largest absolute Gasteiger partial charge is 0.513 e. The van der Waals surface area contributed by atoms with Crippen LogP contribution in [0.25, 0.3) is 0 Å².